The fourth-order valence-corrected chi connectivity index (χ4v) is 3.12. The van der Waals surface area contributed by atoms with E-state index in [0.29, 0.717) is 23.3 Å². The van der Waals surface area contributed by atoms with Crippen molar-refractivity contribution in [3.05, 3.63) is 64.3 Å². The second-order valence-electron chi connectivity index (χ2n) is 6.25. The zero-order valence-corrected chi connectivity index (χ0v) is 16.3. The van der Waals surface area contributed by atoms with Crippen LogP contribution in [0.1, 0.15) is 16.7 Å². The molecule has 0 aliphatic rings. The van der Waals surface area contributed by atoms with Gasteiger partial charge in [0.25, 0.3) is 0 Å². The maximum atomic E-state index is 6.35. The highest BCUT2D eigenvalue weighted by Gasteiger charge is 2.08. The number of methoxy groups -OCH3 is 1. The number of aryl methyl sites for hydroxylation is 2. The Balaban J connectivity index is 1.62. The minimum Gasteiger partial charge on any atom is -0.497 e. The predicted octanol–water partition coefficient (Wildman–Crippen LogP) is 4.55. The summed E-state index contributed by atoms with van der Waals surface area (Å²) >= 11 is 6.35. The summed E-state index contributed by atoms with van der Waals surface area (Å²) in [6.45, 7) is 4.71. The lowest BCUT2D eigenvalue weighted by atomic mass is 10.1. The molecule has 0 unspecified atom stereocenters. The van der Waals surface area contributed by atoms with Crippen molar-refractivity contribution in [3.63, 3.8) is 0 Å². The first-order valence-electron chi connectivity index (χ1n) is 8.65. The zero-order chi connectivity index (χ0) is 19.2. The average Bonchev–Trinajstić information content (AvgIpc) is 2.65. The molecule has 2 N–H and O–H groups in total. The van der Waals surface area contributed by atoms with Gasteiger partial charge in [-0.25, -0.2) is 0 Å². The quantitative estimate of drug-likeness (QED) is 0.623. The van der Waals surface area contributed by atoms with Crippen LogP contribution < -0.4 is 15.4 Å². The second-order valence-corrected chi connectivity index (χ2v) is 6.66. The molecule has 1 heterocycles. The Morgan fingerprint density at radius 3 is 2.59 bits per heavy atom. The molecule has 0 bridgehead atoms. The molecule has 0 saturated heterocycles. The molecule has 7 heteroatoms. The number of anilines is 3. The highest BCUT2D eigenvalue weighted by molar-refractivity contribution is 6.33. The van der Waals surface area contributed by atoms with Crippen LogP contribution in [0.4, 0.5) is 17.5 Å². The topological polar surface area (TPSA) is 72.0 Å². The molecule has 0 fully saturated rings. The summed E-state index contributed by atoms with van der Waals surface area (Å²) in [5, 5.41) is 15.1. The van der Waals surface area contributed by atoms with E-state index in [2.05, 4.69) is 31.9 Å². The number of aromatic nitrogens is 3. The number of benzene rings is 2. The van der Waals surface area contributed by atoms with Gasteiger partial charge in [0.1, 0.15) is 5.75 Å². The van der Waals surface area contributed by atoms with Crippen molar-refractivity contribution in [1.29, 1.82) is 0 Å². The van der Waals surface area contributed by atoms with E-state index in [9.17, 15) is 0 Å². The van der Waals surface area contributed by atoms with E-state index in [4.69, 9.17) is 16.3 Å². The van der Waals surface area contributed by atoms with E-state index in [1.54, 1.807) is 13.3 Å². The van der Waals surface area contributed by atoms with Gasteiger partial charge in [0, 0.05) is 6.54 Å². The van der Waals surface area contributed by atoms with Gasteiger partial charge < -0.3 is 15.4 Å². The summed E-state index contributed by atoms with van der Waals surface area (Å²) in [7, 11) is 1.66. The first kappa shape index (κ1) is 18.9. The molecule has 0 aliphatic carbocycles. The molecule has 1 aromatic heterocycles. The van der Waals surface area contributed by atoms with Crippen LogP contribution in [0.15, 0.2) is 42.6 Å². The van der Waals surface area contributed by atoms with Crippen LogP contribution >= 0.6 is 11.6 Å². The maximum Gasteiger partial charge on any atom is 0.244 e. The molecule has 2 aromatic carbocycles. The first-order chi connectivity index (χ1) is 13.0. The van der Waals surface area contributed by atoms with Crippen LogP contribution in [0.25, 0.3) is 0 Å². The number of hydrogen-bond acceptors (Lipinski definition) is 6. The lowest BCUT2D eigenvalue weighted by Gasteiger charge is -2.12. The lowest BCUT2D eigenvalue weighted by molar-refractivity contribution is 0.414. The highest BCUT2D eigenvalue weighted by atomic mass is 35.5. The molecule has 3 rings (SSSR count). The number of halogens is 1. The maximum absolute atomic E-state index is 6.35. The van der Waals surface area contributed by atoms with E-state index in [1.165, 1.54) is 5.56 Å². The Morgan fingerprint density at radius 2 is 1.89 bits per heavy atom. The van der Waals surface area contributed by atoms with Gasteiger partial charge in [0.2, 0.25) is 5.95 Å². The Labute approximate surface area is 164 Å². The van der Waals surface area contributed by atoms with E-state index >= 15 is 0 Å². The van der Waals surface area contributed by atoms with Crippen molar-refractivity contribution in [2.75, 3.05) is 24.3 Å². The Bertz CT molecular complexity index is 891. The SMILES string of the molecule is COc1ccc(CCNc2nncc(Nc3c(C)cc(C)cc3Cl)n2)cc1. The monoisotopic (exact) mass is 383 g/mol. The molecule has 0 atom stereocenters. The summed E-state index contributed by atoms with van der Waals surface area (Å²) < 4.78 is 5.17. The molecule has 0 radical (unpaired) electrons. The molecular formula is C20H22ClN5O. The average molecular weight is 384 g/mol. The summed E-state index contributed by atoms with van der Waals surface area (Å²) in [4.78, 5) is 4.46. The van der Waals surface area contributed by atoms with Gasteiger partial charge in [-0.2, -0.15) is 10.1 Å². The van der Waals surface area contributed by atoms with E-state index in [0.717, 1.165) is 29.0 Å². The molecular weight excluding hydrogens is 362 g/mol. The van der Waals surface area contributed by atoms with Gasteiger partial charge in [0.05, 0.1) is 24.0 Å². The second kappa shape index (κ2) is 8.68. The third kappa shape index (κ3) is 5.08. The minimum atomic E-state index is 0.467. The van der Waals surface area contributed by atoms with Crippen molar-refractivity contribution < 1.29 is 4.74 Å². The number of nitrogens with one attached hydrogen (secondary N) is 2. The number of ether oxygens (including phenoxy) is 1. The number of nitrogens with zero attached hydrogens (tertiary/aromatic N) is 3. The van der Waals surface area contributed by atoms with Gasteiger partial charge in [0.15, 0.2) is 5.82 Å². The van der Waals surface area contributed by atoms with Crippen molar-refractivity contribution in [1.82, 2.24) is 15.2 Å². The largest absolute Gasteiger partial charge is 0.497 e. The Kier molecular flexibility index (Phi) is 6.08. The summed E-state index contributed by atoms with van der Waals surface area (Å²) in [6.07, 6.45) is 2.41. The van der Waals surface area contributed by atoms with Crippen LogP contribution in [0, 0.1) is 13.8 Å². The van der Waals surface area contributed by atoms with Gasteiger partial charge in [-0.1, -0.05) is 29.8 Å². The molecule has 0 saturated carbocycles. The van der Waals surface area contributed by atoms with E-state index in [-0.39, 0.29) is 0 Å². The lowest BCUT2D eigenvalue weighted by Crippen LogP contribution is -2.10. The van der Waals surface area contributed by atoms with Crippen LogP contribution in [0.5, 0.6) is 5.75 Å². The predicted molar refractivity (Wildman–Crippen MR) is 109 cm³/mol. The number of hydrogen-bond donors (Lipinski definition) is 2. The van der Waals surface area contributed by atoms with Crippen LogP contribution in [0.3, 0.4) is 0 Å². The summed E-state index contributed by atoms with van der Waals surface area (Å²) in [6, 6.07) is 12.0. The molecule has 6 nitrogen and oxygen atoms in total. The van der Waals surface area contributed by atoms with Crippen molar-refractivity contribution in [3.8, 4) is 5.75 Å². The molecule has 0 amide bonds. The standard InChI is InChI=1S/C20H22ClN5O/c1-13-10-14(2)19(17(21)11-13)24-18-12-23-26-20(25-18)22-9-8-15-4-6-16(27-3)7-5-15/h4-7,10-12H,8-9H2,1-3H3,(H2,22,24,25,26). The fraction of sp³-hybridized carbons (Fsp3) is 0.250. The van der Waals surface area contributed by atoms with Crippen LogP contribution in [-0.2, 0) is 6.42 Å². The zero-order valence-electron chi connectivity index (χ0n) is 15.6. The molecule has 27 heavy (non-hydrogen) atoms. The molecule has 3 aromatic rings. The van der Waals surface area contributed by atoms with Crippen LogP contribution in [-0.4, -0.2) is 28.8 Å². The van der Waals surface area contributed by atoms with Gasteiger partial charge in [-0.3, -0.25) is 0 Å². The van der Waals surface area contributed by atoms with Gasteiger partial charge in [-0.05, 0) is 55.2 Å². The van der Waals surface area contributed by atoms with Gasteiger partial charge >= 0.3 is 0 Å². The summed E-state index contributed by atoms with van der Waals surface area (Å²) in [5.41, 5.74) is 4.19. The van der Waals surface area contributed by atoms with E-state index < -0.39 is 0 Å². The Morgan fingerprint density at radius 1 is 1.11 bits per heavy atom. The highest BCUT2D eigenvalue weighted by Crippen LogP contribution is 2.29. The third-order valence-electron chi connectivity index (χ3n) is 4.10. The molecule has 0 spiro atoms. The summed E-state index contributed by atoms with van der Waals surface area (Å²) in [5.74, 6) is 1.91. The Hall–Kier alpha value is -2.86. The first-order valence-corrected chi connectivity index (χ1v) is 9.03. The van der Waals surface area contributed by atoms with Crippen molar-refractivity contribution in [2.45, 2.75) is 20.3 Å². The van der Waals surface area contributed by atoms with Gasteiger partial charge in [-0.15, -0.1) is 5.10 Å². The van der Waals surface area contributed by atoms with E-state index in [1.807, 2.05) is 44.2 Å². The smallest absolute Gasteiger partial charge is 0.244 e. The fourth-order valence-electron chi connectivity index (χ4n) is 2.75. The third-order valence-corrected chi connectivity index (χ3v) is 4.40. The normalized spacial score (nSPS) is 10.5. The number of rotatable bonds is 7. The van der Waals surface area contributed by atoms with Crippen LogP contribution in [0.2, 0.25) is 5.02 Å². The minimum absolute atomic E-state index is 0.467. The van der Waals surface area contributed by atoms with Crippen molar-refractivity contribution >= 4 is 29.1 Å². The molecule has 0 aliphatic heterocycles. The molecule has 140 valence electrons. The van der Waals surface area contributed by atoms with Crippen molar-refractivity contribution in [2.24, 2.45) is 0 Å².